The van der Waals surface area contributed by atoms with Crippen molar-refractivity contribution < 1.29 is 18.3 Å². The van der Waals surface area contributed by atoms with Crippen LogP contribution in [0.25, 0.3) is 0 Å². The van der Waals surface area contributed by atoms with Crippen molar-refractivity contribution in [3.8, 4) is 0 Å². The molecule has 4 N–H and O–H groups in total. The van der Waals surface area contributed by atoms with Crippen molar-refractivity contribution in [2.45, 2.75) is 134 Å². The highest BCUT2D eigenvalue weighted by Crippen LogP contribution is 2.39. The molecule has 5 aliphatic rings. The van der Waals surface area contributed by atoms with E-state index in [1.165, 1.54) is 53.4 Å². The number of carbonyl (C=O) groups excluding carboxylic acids is 1. The zero-order valence-electron chi connectivity index (χ0n) is 36.1. The van der Waals surface area contributed by atoms with E-state index < -0.39 is 11.0 Å². The van der Waals surface area contributed by atoms with Crippen LogP contribution in [-0.2, 0) is 46.0 Å². The highest BCUT2D eigenvalue weighted by Gasteiger charge is 2.52. The SMILES string of the molecule is CC(C)(C)S(=O)N[C@@H]1CCc2c(Br)cccc21.CN[C@@H]1CCc2c(B3OC(C)(C)C(C)(C)O3)cccc21.Cl.N[C@@H]1CCc2c(Br)cccc21.O=C1CCc2c(Br)cccc21. The monoisotopic (exact) mass is 1050 g/mol. The molecule has 0 spiro atoms. The van der Waals surface area contributed by atoms with Gasteiger partial charge in [-0.1, -0.05) is 102 Å². The van der Waals surface area contributed by atoms with Crippen LogP contribution < -0.4 is 21.2 Å². The van der Waals surface area contributed by atoms with E-state index in [0.29, 0.717) is 12.5 Å². The number of benzene rings is 4. The lowest BCUT2D eigenvalue weighted by molar-refractivity contribution is 0.00578. The third-order valence-corrected chi connectivity index (χ3v) is 16.3. The molecule has 0 saturated carbocycles. The van der Waals surface area contributed by atoms with Crippen LogP contribution in [0, 0.1) is 0 Å². The van der Waals surface area contributed by atoms with Gasteiger partial charge >= 0.3 is 7.12 Å². The minimum absolute atomic E-state index is 0. The van der Waals surface area contributed by atoms with Gasteiger partial charge in [0, 0.05) is 43.5 Å². The van der Waals surface area contributed by atoms with Crippen molar-refractivity contribution in [1.82, 2.24) is 10.0 Å². The number of rotatable bonds is 4. The predicted molar refractivity (Wildman–Crippen MR) is 262 cm³/mol. The zero-order valence-corrected chi connectivity index (χ0v) is 42.4. The van der Waals surface area contributed by atoms with E-state index in [0.717, 1.165) is 55.0 Å². The highest BCUT2D eigenvalue weighted by molar-refractivity contribution is 9.11. The van der Waals surface area contributed by atoms with Crippen LogP contribution in [0.2, 0.25) is 0 Å². The number of fused-ring (bicyclic) bond motifs is 4. The van der Waals surface area contributed by atoms with Crippen LogP contribution in [0.15, 0.2) is 86.2 Å². The van der Waals surface area contributed by atoms with Crippen LogP contribution in [0.1, 0.15) is 142 Å². The first-order valence-electron chi connectivity index (χ1n) is 20.8. The topological polar surface area (TPSA) is 103 Å². The van der Waals surface area contributed by atoms with Gasteiger partial charge in [-0.2, -0.15) is 0 Å². The summed E-state index contributed by atoms with van der Waals surface area (Å²) in [7, 11) is 0.778. The normalized spacial score (nSPS) is 21.8. The summed E-state index contributed by atoms with van der Waals surface area (Å²) in [6.45, 7) is 14.4. The van der Waals surface area contributed by atoms with E-state index in [9.17, 15) is 9.00 Å². The Morgan fingerprint density at radius 2 is 1.17 bits per heavy atom. The molecule has 1 fully saturated rings. The van der Waals surface area contributed by atoms with Crippen molar-refractivity contribution in [3.05, 3.63) is 131 Å². The summed E-state index contributed by atoms with van der Waals surface area (Å²) in [4.78, 5) is 11.2. The van der Waals surface area contributed by atoms with Gasteiger partial charge in [0.15, 0.2) is 5.78 Å². The summed E-state index contributed by atoms with van der Waals surface area (Å²) in [5.41, 5.74) is 16.8. The molecule has 1 aliphatic heterocycles. The van der Waals surface area contributed by atoms with Gasteiger partial charge in [-0.05, 0) is 163 Å². The van der Waals surface area contributed by atoms with Crippen LogP contribution in [0.4, 0.5) is 0 Å². The number of nitrogens with one attached hydrogen (secondary N) is 2. The van der Waals surface area contributed by atoms with E-state index in [2.05, 4.69) is 128 Å². The molecule has 4 aliphatic carbocycles. The molecule has 7 nitrogen and oxygen atoms in total. The van der Waals surface area contributed by atoms with Crippen LogP contribution in [0.5, 0.6) is 0 Å². The standard InChI is InChI=1S/C16H24BNO2.C13H18BrNOS.C9H10BrN.C9H7BrO.ClH/c1-15(2)16(3,4)20-17(19-15)13-8-6-7-12-11(13)9-10-14(12)18-5;1-13(2,3)17(16)15-12-8-7-9-10(12)5-4-6-11(9)14;2*10-8-3-1-2-7-6(8)4-5-9(7)11;/h6-8,14,18H,9-10H2,1-5H3;4-6,12,15H,7-8H2,1-3H3;1-3,9H,4-5,11H2;1-3H,4-5H2;1H/t14-;12-,17?;9-;;/m111../s1. The molecular formula is C47H60BBr3ClN3O4S. The van der Waals surface area contributed by atoms with Crippen LogP contribution in [0.3, 0.4) is 0 Å². The Morgan fingerprint density at radius 1 is 0.683 bits per heavy atom. The third-order valence-electron chi connectivity index (χ3n) is 12.5. The molecule has 13 heteroatoms. The Hall–Kier alpha value is -1.71. The van der Waals surface area contributed by atoms with Crippen molar-refractivity contribution in [2.75, 3.05) is 7.05 Å². The number of Topliss-reactive ketones (excluding diaryl/α,β-unsaturated/α-hetero) is 1. The molecule has 60 heavy (non-hydrogen) atoms. The average Bonchev–Trinajstić information content (AvgIpc) is 4.01. The summed E-state index contributed by atoms with van der Waals surface area (Å²) in [6.07, 6.45) is 8.13. The summed E-state index contributed by atoms with van der Waals surface area (Å²) in [5, 5.41) is 3.39. The second-order valence-electron chi connectivity index (χ2n) is 17.9. The van der Waals surface area contributed by atoms with Crippen LogP contribution in [-0.4, -0.2) is 40.1 Å². The van der Waals surface area contributed by atoms with Crippen molar-refractivity contribution in [2.24, 2.45) is 5.73 Å². The maximum absolute atomic E-state index is 12.1. The minimum Gasteiger partial charge on any atom is -0.399 e. The van der Waals surface area contributed by atoms with Gasteiger partial charge in [-0.15, -0.1) is 12.4 Å². The lowest BCUT2D eigenvalue weighted by atomic mass is 9.75. The van der Waals surface area contributed by atoms with Gasteiger partial charge in [-0.3, -0.25) is 4.79 Å². The second kappa shape index (κ2) is 20.4. The van der Waals surface area contributed by atoms with Crippen molar-refractivity contribution in [1.29, 1.82) is 0 Å². The summed E-state index contributed by atoms with van der Waals surface area (Å²) < 4.78 is 31.0. The lowest BCUT2D eigenvalue weighted by Crippen LogP contribution is -2.41. The van der Waals surface area contributed by atoms with Gasteiger partial charge in [0.05, 0.1) is 26.9 Å². The molecule has 0 bridgehead atoms. The number of halogens is 4. The Labute approximate surface area is 392 Å². The number of ketones is 1. The molecule has 4 aromatic carbocycles. The molecule has 1 unspecified atom stereocenters. The maximum atomic E-state index is 12.1. The fourth-order valence-corrected chi connectivity index (χ4v) is 10.9. The number of nitrogens with two attached hydrogens (primary N) is 1. The molecule has 0 aromatic heterocycles. The van der Waals surface area contributed by atoms with Gasteiger partial charge in [-0.25, -0.2) is 8.93 Å². The smallest absolute Gasteiger partial charge is 0.399 e. The highest BCUT2D eigenvalue weighted by atomic mass is 79.9. The number of carbonyl (C=O) groups is 1. The van der Waals surface area contributed by atoms with Crippen LogP contribution >= 0.6 is 60.2 Å². The summed E-state index contributed by atoms with van der Waals surface area (Å²) >= 11 is 10.5. The van der Waals surface area contributed by atoms with Crippen molar-refractivity contribution in [3.63, 3.8) is 0 Å². The minimum atomic E-state index is -1.01. The van der Waals surface area contributed by atoms with E-state index in [-0.39, 0.29) is 53.3 Å². The molecule has 0 amide bonds. The first kappa shape index (κ1) is 49.3. The fourth-order valence-electron chi connectivity index (χ4n) is 8.30. The maximum Gasteiger partial charge on any atom is 0.495 e. The average molecular weight is 1050 g/mol. The summed E-state index contributed by atoms with van der Waals surface area (Å²) in [5.74, 6) is 0.279. The van der Waals surface area contributed by atoms with Gasteiger partial charge < -0.3 is 20.4 Å². The van der Waals surface area contributed by atoms with E-state index in [4.69, 9.17) is 15.0 Å². The first-order valence-corrected chi connectivity index (χ1v) is 24.3. The van der Waals surface area contributed by atoms with Crippen molar-refractivity contribution >= 4 is 89.5 Å². The Bertz CT molecular complexity index is 2180. The predicted octanol–water partition coefficient (Wildman–Crippen LogP) is 11.1. The van der Waals surface area contributed by atoms with E-state index in [1.807, 2.05) is 58.2 Å². The molecule has 1 saturated heterocycles. The molecule has 324 valence electrons. The Kier molecular flexibility index (Phi) is 16.8. The number of hydrogen-bond acceptors (Lipinski definition) is 6. The number of hydrogen-bond donors (Lipinski definition) is 3. The van der Waals surface area contributed by atoms with Gasteiger partial charge in [0.1, 0.15) is 0 Å². The van der Waals surface area contributed by atoms with Gasteiger partial charge in [0.25, 0.3) is 0 Å². The molecule has 4 atom stereocenters. The van der Waals surface area contributed by atoms with Gasteiger partial charge in [0.2, 0.25) is 0 Å². The molecule has 9 rings (SSSR count). The quantitative estimate of drug-likeness (QED) is 0.176. The largest absolute Gasteiger partial charge is 0.495 e. The van der Waals surface area contributed by atoms with E-state index >= 15 is 0 Å². The Balaban J connectivity index is 0.000000156. The molecular weight excluding hydrogens is 989 g/mol. The fraction of sp³-hybridized carbons (Fsp3) is 0.468. The zero-order chi connectivity index (χ0) is 42.9. The molecule has 0 radical (unpaired) electrons. The molecule has 4 aromatic rings. The first-order chi connectivity index (χ1) is 27.8. The molecule has 1 heterocycles. The second-order valence-corrected chi connectivity index (χ2v) is 22.5. The third kappa shape index (κ3) is 11.0. The summed E-state index contributed by atoms with van der Waals surface area (Å²) in [6, 6.07) is 25.7. The van der Waals surface area contributed by atoms with E-state index in [1.54, 1.807) is 0 Å². The Morgan fingerprint density at radius 3 is 1.73 bits per heavy atom. The lowest BCUT2D eigenvalue weighted by Gasteiger charge is -2.32.